The molecule has 0 atom stereocenters. The Kier molecular flexibility index (Phi) is 7.24. The molecule has 0 fully saturated rings. The van der Waals surface area contributed by atoms with E-state index in [2.05, 4.69) is 22.2 Å². The summed E-state index contributed by atoms with van der Waals surface area (Å²) in [7, 11) is 0. The highest BCUT2D eigenvalue weighted by molar-refractivity contribution is 5.54. The van der Waals surface area contributed by atoms with E-state index in [1.165, 1.54) is 5.56 Å². The predicted octanol–water partition coefficient (Wildman–Crippen LogP) is 5.76. The molecule has 2 rings (SSSR count). The molecule has 0 saturated carbocycles. The number of hydrogen-bond acceptors (Lipinski definition) is 4. The van der Waals surface area contributed by atoms with E-state index in [0.29, 0.717) is 12.1 Å². The minimum Gasteiger partial charge on any atom is -0.477 e. The standard InChI is InChI=1S/C19H24F3N3O/c1-3-5-6-7-12-26-17-16(19(20,21)22)13-23-18(25-17)24-15-10-8-14(4-2)9-11-15/h8-11,13H,3-7,12H2,1-2H3,(H,23,24,25). The normalized spacial score (nSPS) is 11.4. The largest absolute Gasteiger partial charge is 0.477 e. The third-order valence-electron chi connectivity index (χ3n) is 3.91. The number of aromatic nitrogens is 2. The van der Waals surface area contributed by atoms with Crippen LogP contribution in [0.3, 0.4) is 0 Å². The molecule has 0 unspecified atom stereocenters. The lowest BCUT2D eigenvalue weighted by molar-refractivity contribution is -0.139. The van der Waals surface area contributed by atoms with Gasteiger partial charge in [0.05, 0.1) is 6.61 Å². The fourth-order valence-corrected chi connectivity index (χ4v) is 2.38. The van der Waals surface area contributed by atoms with Crippen LogP contribution in [0.4, 0.5) is 24.8 Å². The smallest absolute Gasteiger partial charge is 0.423 e. The Morgan fingerprint density at radius 1 is 1.04 bits per heavy atom. The number of hydrogen-bond donors (Lipinski definition) is 1. The Bertz CT molecular complexity index is 687. The second kappa shape index (κ2) is 9.40. The van der Waals surface area contributed by atoms with Crippen LogP contribution in [0.15, 0.2) is 30.5 Å². The molecule has 142 valence electrons. The minimum absolute atomic E-state index is 0.0748. The lowest BCUT2D eigenvalue weighted by Gasteiger charge is -2.14. The molecule has 0 aliphatic heterocycles. The maximum absolute atomic E-state index is 13.1. The van der Waals surface area contributed by atoms with Gasteiger partial charge < -0.3 is 10.1 Å². The van der Waals surface area contributed by atoms with Crippen molar-refractivity contribution in [2.75, 3.05) is 11.9 Å². The Balaban J connectivity index is 2.13. The molecular weight excluding hydrogens is 343 g/mol. The van der Waals surface area contributed by atoms with Crippen molar-refractivity contribution < 1.29 is 17.9 Å². The first-order valence-electron chi connectivity index (χ1n) is 8.87. The summed E-state index contributed by atoms with van der Waals surface area (Å²) in [4.78, 5) is 7.71. The number of unbranched alkanes of at least 4 members (excludes halogenated alkanes) is 3. The average molecular weight is 367 g/mol. The van der Waals surface area contributed by atoms with Crippen molar-refractivity contribution in [2.24, 2.45) is 0 Å². The molecule has 2 aromatic rings. The number of rotatable bonds is 9. The number of halogens is 3. The van der Waals surface area contributed by atoms with E-state index in [0.717, 1.165) is 31.9 Å². The minimum atomic E-state index is -4.56. The third kappa shape index (κ3) is 5.89. The zero-order valence-electron chi connectivity index (χ0n) is 15.1. The van der Waals surface area contributed by atoms with Crippen molar-refractivity contribution in [1.82, 2.24) is 9.97 Å². The van der Waals surface area contributed by atoms with E-state index in [4.69, 9.17) is 4.74 Å². The van der Waals surface area contributed by atoms with Gasteiger partial charge in [-0.05, 0) is 30.5 Å². The van der Waals surface area contributed by atoms with Gasteiger partial charge in [0.2, 0.25) is 11.8 Å². The van der Waals surface area contributed by atoms with Gasteiger partial charge in [0.25, 0.3) is 0 Å². The van der Waals surface area contributed by atoms with Gasteiger partial charge in [-0.15, -0.1) is 0 Å². The van der Waals surface area contributed by atoms with Gasteiger partial charge >= 0.3 is 6.18 Å². The van der Waals surface area contributed by atoms with E-state index < -0.39 is 17.6 Å². The number of ether oxygens (including phenoxy) is 1. The summed E-state index contributed by atoms with van der Waals surface area (Å²) in [6, 6.07) is 7.56. The summed E-state index contributed by atoms with van der Waals surface area (Å²) in [5.41, 5.74) is 0.913. The molecule has 0 bridgehead atoms. The molecule has 26 heavy (non-hydrogen) atoms. The third-order valence-corrected chi connectivity index (χ3v) is 3.91. The Labute approximate surface area is 151 Å². The Morgan fingerprint density at radius 3 is 2.38 bits per heavy atom. The Hall–Kier alpha value is -2.31. The summed E-state index contributed by atoms with van der Waals surface area (Å²) in [6.45, 7) is 4.31. The molecule has 7 heteroatoms. The number of alkyl halides is 3. The lowest BCUT2D eigenvalue weighted by atomic mass is 10.1. The average Bonchev–Trinajstić information content (AvgIpc) is 2.61. The van der Waals surface area contributed by atoms with E-state index in [-0.39, 0.29) is 12.6 Å². The highest BCUT2D eigenvalue weighted by Gasteiger charge is 2.36. The molecule has 1 aromatic carbocycles. The number of anilines is 2. The van der Waals surface area contributed by atoms with Gasteiger partial charge in [0.15, 0.2) is 0 Å². The maximum Gasteiger partial charge on any atom is 0.423 e. The first-order valence-corrected chi connectivity index (χ1v) is 8.87. The van der Waals surface area contributed by atoms with E-state index in [1.807, 2.05) is 31.2 Å². The van der Waals surface area contributed by atoms with Crippen molar-refractivity contribution >= 4 is 11.6 Å². The second-order valence-corrected chi connectivity index (χ2v) is 5.99. The van der Waals surface area contributed by atoms with Crippen molar-refractivity contribution in [3.63, 3.8) is 0 Å². The monoisotopic (exact) mass is 367 g/mol. The zero-order valence-corrected chi connectivity index (χ0v) is 15.1. The van der Waals surface area contributed by atoms with Gasteiger partial charge in [-0.3, -0.25) is 0 Å². The van der Waals surface area contributed by atoms with Crippen LogP contribution in [0.2, 0.25) is 0 Å². The topological polar surface area (TPSA) is 47.0 Å². The molecule has 0 saturated heterocycles. The molecule has 0 spiro atoms. The predicted molar refractivity (Wildman–Crippen MR) is 95.8 cm³/mol. The van der Waals surface area contributed by atoms with Crippen LogP contribution in [0.1, 0.15) is 50.7 Å². The summed E-state index contributed by atoms with van der Waals surface area (Å²) >= 11 is 0. The van der Waals surface area contributed by atoms with Crippen LogP contribution in [-0.2, 0) is 12.6 Å². The SMILES string of the molecule is CCCCCCOc1nc(Nc2ccc(CC)cc2)ncc1C(F)(F)F. The van der Waals surface area contributed by atoms with Crippen LogP contribution < -0.4 is 10.1 Å². The Morgan fingerprint density at radius 2 is 1.77 bits per heavy atom. The van der Waals surface area contributed by atoms with Gasteiger partial charge in [-0.25, -0.2) is 4.98 Å². The number of nitrogens with zero attached hydrogens (tertiary/aromatic N) is 2. The first-order chi connectivity index (χ1) is 12.4. The van der Waals surface area contributed by atoms with Crippen molar-refractivity contribution in [3.8, 4) is 5.88 Å². The number of aryl methyl sites for hydroxylation is 1. The zero-order chi connectivity index (χ0) is 19.0. The molecule has 0 aliphatic rings. The van der Waals surface area contributed by atoms with Gasteiger partial charge in [0, 0.05) is 11.9 Å². The van der Waals surface area contributed by atoms with Gasteiger partial charge in [-0.2, -0.15) is 18.2 Å². The molecule has 0 radical (unpaired) electrons. The molecule has 0 amide bonds. The van der Waals surface area contributed by atoms with Crippen LogP contribution in [0, 0.1) is 0 Å². The van der Waals surface area contributed by atoms with E-state index in [1.54, 1.807) is 0 Å². The van der Waals surface area contributed by atoms with Gasteiger partial charge in [-0.1, -0.05) is 45.2 Å². The van der Waals surface area contributed by atoms with Crippen LogP contribution >= 0.6 is 0 Å². The van der Waals surface area contributed by atoms with Gasteiger partial charge in [0.1, 0.15) is 5.56 Å². The molecule has 4 nitrogen and oxygen atoms in total. The number of benzene rings is 1. The molecule has 1 heterocycles. The molecule has 0 aliphatic carbocycles. The molecule has 1 N–H and O–H groups in total. The summed E-state index contributed by atoms with van der Waals surface area (Å²) < 4.78 is 44.7. The van der Waals surface area contributed by atoms with Crippen molar-refractivity contribution in [1.29, 1.82) is 0 Å². The van der Waals surface area contributed by atoms with E-state index >= 15 is 0 Å². The summed E-state index contributed by atoms with van der Waals surface area (Å²) in [5.74, 6) is -0.359. The quantitative estimate of drug-likeness (QED) is 0.572. The van der Waals surface area contributed by atoms with Crippen LogP contribution in [-0.4, -0.2) is 16.6 Å². The maximum atomic E-state index is 13.1. The van der Waals surface area contributed by atoms with Crippen molar-refractivity contribution in [2.45, 2.75) is 52.1 Å². The first kappa shape index (κ1) is 20.0. The highest BCUT2D eigenvalue weighted by atomic mass is 19.4. The molecular formula is C19H24F3N3O. The molecule has 1 aromatic heterocycles. The second-order valence-electron chi connectivity index (χ2n) is 5.99. The van der Waals surface area contributed by atoms with Crippen LogP contribution in [0.5, 0.6) is 5.88 Å². The summed E-state index contributed by atoms with van der Waals surface area (Å²) in [5, 5.41) is 2.92. The number of nitrogens with one attached hydrogen (secondary N) is 1. The van der Waals surface area contributed by atoms with Crippen molar-refractivity contribution in [3.05, 3.63) is 41.6 Å². The van der Waals surface area contributed by atoms with Crippen LogP contribution in [0.25, 0.3) is 0 Å². The lowest BCUT2D eigenvalue weighted by Crippen LogP contribution is -2.13. The summed E-state index contributed by atoms with van der Waals surface area (Å²) in [6.07, 6.45) is 0.796. The van der Waals surface area contributed by atoms with E-state index in [9.17, 15) is 13.2 Å². The fourth-order valence-electron chi connectivity index (χ4n) is 2.38. The fraction of sp³-hybridized carbons (Fsp3) is 0.474. The highest BCUT2D eigenvalue weighted by Crippen LogP contribution is 2.35.